The fraction of sp³-hybridized carbons (Fsp3) is 0.111. The molecule has 0 saturated heterocycles. The lowest BCUT2D eigenvalue weighted by molar-refractivity contribution is -0.385. The standard InChI is InChI=1S/C18H16FN3O5/c1-12(27-15-9-7-14(19)8-10-15)18(24)21-20-17(23)11-6-13-4-2-3-5-16(13)22(25)26/h2-12H,1H3,(H,20,23)(H,21,24)/b11-6+/t12-/m0/s1. The Hall–Kier alpha value is -3.75. The number of rotatable bonds is 6. The molecule has 0 heterocycles. The molecule has 0 unspecified atom stereocenters. The van der Waals surface area contributed by atoms with Crippen molar-refractivity contribution in [2.75, 3.05) is 0 Å². The molecule has 0 fully saturated rings. The third-order valence-corrected chi connectivity index (χ3v) is 3.35. The molecule has 0 bridgehead atoms. The number of nitrogens with zero attached hydrogens (tertiary/aromatic N) is 1. The maximum atomic E-state index is 12.8. The molecule has 8 nitrogen and oxygen atoms in total. The van der Waals surface area contributed by atoms with Gasteiger partial charge in [0.2, 0.25) is 0 Å². The molecule has 140 valence electrons. The van der Waals surface area contributed by atoms with Gasteiger partial charge < -0.3 is 4.74 Å². The summed E-state index contributed by atoms with van der Waals surface area (Å²) in [7, 11) is 0. The summed E-state index contributed by atoms with van der Waals surface area (Å²) in [5.74, 6) is -1.46. The van der Waals surface area contributed by atoms with E-state index in [0.29, 0.717) is 5.75 Å². The second kappa shape index (κ2) is 9.09. The zero-order valence-electron chi connectivity index (χ0n) is 14.2. The number of hydrazine groups is 1. The van der Waals surface area contributed by atoms with E-state index < -0.39 is 28.7 Å². The Kier molecular flexibility index (Phi) is 6.59. The summed E-state index contributed by atoms with van der Waals surface area (Å²) >= 11 is 0. The summed E-state index contributed by atoms with van der Waals surface area (Å²) in [6, 6.07) is 11.0. The van der Waals surface area contributed by atoms with E-state index in [4.69, 9.17) is 4.74 Å². The van der Waals surface area contributed by atoms with Gasteiger partial charge in [0.1, 0.15) is 11.6 Å². The van der Waals surface area contributed by atoms with Gasteiger partial charge >= 0.3 is 0 Å². The van der Waals surface area contributed by atoms with Gasteiger partial charge in [0.05, 0.1) is 10.5 Å². The van der Waals surface area contributed by atoms with E-state index in [1.807, 2.05) is 0 Å². The van der Waals surface area contributed by atoms with Crippen LogP contribution in [0.25, 0.3) is 6.08 Å². The molecule has 0 radical (unpaired) electrons. The second-order valence-corrected chi connectivity index (χ2v) is 5.34. The molecule has 2 amide bonds. The molecule has 0 spiro atoms. The lowest BCUT2D eigenvalue weighted by atomic mass is 10.1. The van der Waals surface area contributed by atoms with Crippen LogP contribution < -0.4 is 15.6 Å². The normalized spacial score (nSPS) is 11.6. The number of ether oxygens (including phenoxy) is 1. The summed E-state index contributed by atoms with van der Waals surface area (Å²) in [6.07, 6.45) is 1.36. The number of nitro benzene ring substituents is 1. The van der Waals surface area contributed by atoms with Crippen molar-refractivity contribution in [3.63, 3.8) is 0 Å². The van der Waals surface area contributed by atoms with E-state index in [9.17, 15) is 24.1 Å². The van der Waals surface area contributed by atoms with E-state index >= 15 is 0 Å². The molecule has 0 aliphatic rings. The minimum absolute atomic E-state index is 0.146. The van der Waals surface area contributed by atoms with Crippen LogP contribution in [0, 0.1) is 15.9 Å². The lowest BCUT2D eigenvalue weighted by Crippen LogP contribution is -2.46. The Labute approximate surface area is 153 Å². The SMILES string of the molecule is C[C@H](Oc1ccc(F)cc1)C(=O)NNC(=O)/C=C/c1ccccc1[N+](=O)[O-]. The summed E-state index contributed by atoms with van der Waals surface area (Å²) in [5.41, 5.74) is 4.41. The van der Waals surface area contributed by atoms with Crippen LogP contribution in [0.4, 0.5) is 10.1 Å². The van der Waals surface area contributed by atoms with Gasteiger partial charge in [-0.05, 0) is 43.3 Å². The molecule has 2 aromatic rings. The molecular formula is C18H16FN3O5. The highest BCUT2D eigenvalue weighted by atomic mass is 19.1. The topological polar surface area (TPSA) is 111 Å². The number of hydrogen-bond donors (Lipinski definition) is 2. The second-order valence-electron chi connectivity index (χ2n) is 5.34. The average molecular weight is 373 g/mol. The van der Waals surface area contributed by atoms with Crippen molar-refractivity contribution in [3.8, 4) is 5.75 Å². The monoisotopic (exact) mass is 373 g/mol. The quantitative estimate of drug-likeness (QED) is 0.459. The van der Waals surface area contributed by atoms with Crippen LogP contribution in [0.5, 0.6) is 5.75 Å². The van der Waals surface area contributed by atoms with E-state index in [2.05, 4.69) is 10.9 Å². The highest BCUT2D eigenvalue weighted by Crippen LogP contribution is 2.18. The molecule has 27 heavy (non-hydrogen) atoms. The fourth-order valence-corrected chi connectivity index (χ4v) is 2.00. The summed E-state index contributed by atoms with van der Waals surface area (Å²) in [6.45, 7) is 1.45. The Bertz CT molecular complexity index is 868. The predicted octanol–water partition coefficient (Wildman–Crippen LogP) is 2.36. The van der Waals surface area contributed by atoms with Gasteiger partial charge in [0.25, 0.3) is 17.5 Å². The molecule has 9 heteroatoms. The van der Waals surface area contributed by atoms with Gasteiger partial charge in [0.15, 0.2) is 6.10 Å². The van der Waals surface area contributed by atoms with E-state index in [-0.39, 0.29) is 11.3 Å². The first-order valence-electron chi connectivity index (χ1n) is 7.80. The number of nitro groups is 1. The van der Waals surface area contributed by atoms with Gasteiger partial charge in [-0.15, -0.1) is 0 Å². The Morgan fingerprint density at radius 2 is 1.81 bits per heavy atom. The number of amides is 2. The van der Waals surface area contributed by atoms with Crippen LogP contribution in [0.15, 0.2) is 54.6 Å². The average Bonchev–Trinajstić information content (AvgIpc) is 2.66. The zero-order valence-corrected chi connectivity index (χ0v) is 14.2. The van der Waals surface area contributed by atoms with Crippen molar-refractivity contribution in [1.29, 1.82) is 0 Å². The van der Waals surface area contributed by atoms with Crippen molar-refractivity contribution in [3.05, 3.63) is 76.1 Å². The predicted molar refractivity (Wildman–Crippen MR) is 94.9 cm³/mol. The smallest absolute Gasteiger partial charge is 0.279 e. The first kappa shape index (κ1) is 19.6. The first-order chi connectivity index (χ1) is 12.9. The fourth-order valence-electron chi connectivity index (χ4n) is 2.00. The van der Waals surface area contributed by atoms with Crippen molar-refractivity contribution >= 4 is 23.6 Å². The van der Waals surface area contributed by atoms with Crippen LogP contribution >= 0.6 is 0 Å². The number of hydrogen-bond acceptors (Lipinski definition) is 5. The van der Waals surface area contributed by atoms with E-state index in [1.165, 1.54) is 55.5 Å². The van der Waals surface area contributed by atoms with Crippen LogP contribution in [0.2, 0.25) is 0 Å². The number of carbonyl (C=O) groups is 2. The zero-order chi connectivity index (χ0) is 19.8. The summed E-state index contributed by atoms with van der Waals surface area (Å²) in [5, 5.41) is 10.9. The van der Waals surface area contributed by atoms with Crippen molar-refractivity contribution in [2.45, 2.75) is 13.0 Å². The maximum Gasteiger partial charge on any atom is 0.279 e. The van der Waals surface area contributed by atoms with Gasteiger partial charge in [0, 0.05) is 12.1 Å². The Morgan fingerprint density at radius 1 is 1.15 bits per heavy atom. The largest absolute Gasteiger partial charge is 0.481 e. The number of halogens is 1. The first-order valence-corrected chi connectivity index (χ1v) is 7.80. The number of para-hydroxylation sites is 1. The number of nitrogens with one attached hydrogen (secondary N) is 2. The third-order valence-electron chi connectivity index (χ3n) is 3.35. The highest BCUT2D eigenvalue weighted by Gasteiger charge is 2.15. The molecule has 1 atom stereocenters. The molecule has 0 saturated carbocycles. The molecule has 2 N–H and O–H groups in total. The minimum Gasteiger partial charge on any atom is -0.481 e. The summed E-state index contributed by atoms with van der Waals surface area (Å²) in [4.78, 5) is 34.0. The van der Waals surface area contributed by atoms with Crippen LogP contribution in [0.3, 0.4) is 0 Å². The van der Waals surface area contributed by atoms with Gasteiger partial charge in [-0.2, -0.15) is 0 Å². The lowest BCUT2D eigenvalue weighted by Gasteiger charge is -2.14. The van der Waals surface area contributed by atoms with Crippen molar-refractivity contribution in [1.82, 2.24) is 10.9 Å². The molecule has 0 aromatic heterocycles. The molecular weight excluding hydrogens is 357 g/mol. The Morgan fingerprint density at radius 3 is 2.48 bits per heavy atom. The van der Waals surface area contributed by atoms with Gasteiger partial charge in [-0.25, -0.2) is 4.39 Å². The highest BCUT2D eigenvalue weighted by molar-refractivity contribution is 5.94. The van der Waals surface area contributed by atoms with E-state index in [0.717, 1.165) is 6.08 Å². The van der Waals surface area contributed by atoms with E-state index in [1.54, 1.807) is 6.07 Å². The molecule has 2 rings (SSSR count). The van der Waals surface area contributed by atoms with Crippen LogP contribution in [0.1, 0.15) is 12.5 Å². The van der Waals surface area contributed by atoms with Crippen molar-refractivity contribution in [2.24, 2.45) is 0 Å². The Balaban J connectivity index is 1.86. The van der Waals surface area contributed by atoms with Crippen molar-refractivity contribution < 1.29 is 23.6 Å². The van der Waals surface area contributed by atoms with Crippen LogP contribution in [-0.2, 0) is 9.59 Å². The third kappa shape index (κ3) is 5.92. The van der Waals surface area contributed by atoms with Crippen LogP contribution in [-0.4, -0.2) is 22.8 Å². The molecule has 0 aliphatic carbocycles. The van der Waals surface area contributed by atoms with Gasteiger partial charge in [-0.1, -0.05) is 12.1 Å². The minimum atomic E-state index is -0.949. The number of benzene rings is 2. The summed E-state index contributed by atoms with van der Waals surface area (Å²) < 4.78 is 18.1. The molecule has 0 aliphatic heterocycles. The maximum absolute atomic E-state index is 12.8. The number of carbonyl (C=O) groups excluding carboxylic acids is 2. The van der Waals surface area contributed by atoms with Gasteiger partial charge in [-0.3, -0.25) is 30.6 Å². The molecule has 2 aromatic carbocycles.